The number of imidazole rings is 1. The summed E-state index contributed by atoms with van der Waals surface area (Å²) in [5, 5.41) is 3.23. The Bertz CT molecular complexity index is 1020. The van der Waals surface area contributed by atoms with Crippen molar-refractivity contribution in [2.45, 2.75) is 19.0 Å². The summed E-state index contributed by atoms with van der Waals surface area (Å²) in [7, 11) is 0. The van der Waals surface area contributed by atoms with Crippen molar-refractivity contribution in [1.29, 1.82) is 0 Å². The van der Waals surface area contributed by atoms with E-state index in [0.717, 1.165) is 41.6 Å². The van der Waals surface area contributed by atoms with E-state index in [-0.39, 0.29) is 6.04 Å². The number of thiazole rings is 1. The molecule has 6 heteroatoms. The maximum atomic E-state index is 4.87. The van der Waals surface area contributed by atoms with E-state index in [9.17, 15) is 0 Å². The Labute approximate surface area is 161 Å². The molecule has 0 aliphatic carbocycles. The topological polar surface area (TPSA) is 57.7 Å². The number of pyridine rings is 1. The Kier molecular flexibility index (Phi) is 4.27. The quantitative estimate of drug-likeness (QED) is 0.586. The monoisotopic (exact) mass is 373 g/mol. The van der Waals surface area contributed by atoms with Gasteiger partial charge in [-0.25, -0.2) is 9.97 Å². The van der Waals surface area contributed by atoms with Crippen molar-refractivity contribution in [3.05, 3.63) is 89.2 Å². The maximum Gasteiger partial charge on any atom is 0.123 e. The Morgan fingerprint density at radius 3 is 2.81 bits per heavy atom. The molecule has 0 unspecified atom stereocenters. The van der Waals surface area contributed by atoms with Crippen LogP contribution in [0.4, 0.5) is 0 Å². The van der Waals surface area contributed by atoms with Gasteiger partial charge in [0.25, 0.3) is 0 Å². The van der Waals surface area contributed by atoms with E-state index in [1.807, 2.05) is 24.4 Å². The number of hydrogen-bond acceptors (Lipinski definition) is 5. The summed E-state index contributed by atoms with van der Waals surface area (Å²) in [5.41, 5.74) is 5.59. The zero-order valence-electron chi connectivity index (χ0n) is 14.7. The Hall–Kier alpha value is -2.83. The molecule has 1 aliphatic heterocycles. The molecule has 1 aromatic carbocycles. The van der Waals surface area contributed by atoms with Crippen molar-refractivity contribution in [2.24, 2.45) is 0 Å². The summed E-state index contributed by atoms with van der Waals surface area (Å²) in [6.07, 6.45) is 4.61. The predicted octanol–water partition coefficient (Wildman–Crippen LogP) is 4.08. The number of nitrogens with one attached hydrogen (secondary N) is 1. The van der Waals surface area contributed by atoms with E-state index in [0.29, 0.717) is 0 Å². The molecular formula is C21H19N5S. The molecule has 0 radical (unpaired) electrons. The summed E-state index contributed by atoms with van der Waals surface area (Å²) in [6.45, 7) is 1.74. The fourth-order valence-electron chi connectivity index (χ4n) is 3.66. The van der Waals surface area contributed by atoms with Crippen molar-refractivity contribution in [3.8, 4) is 10.6 Å². The summed E-state index contributed by atoms with van der Waals surface area (Å²) in [5.74, 6) is 0. The van der Waals surface area contributed by atoms with Crippen LogP contribution in [0.25, 0.3) is 10.6 Å². The Morgan fingerprint density at radius 2 is 1.96 bits per heavy atom. The Balaban J connectivity index is 1.45. The van der Waals surface area contributed by atoms with E-state index in [2.05, 4.69) is 55.6 Å². The SMILES string of the molecule is c1ccc(-c2nc(CN3CCc4[nH]cnc4[C@@H]3c3ccccn3)cs2)cc1. The molecule has 5 nitrogen and oxygen atoms in total. The number of hydrogen-bond donors (Lipinski definition) is 1. The van der Waals surface area contributed by atoms with E-state index in [4.69, 9.17) is 4.98 Å². The van der Waals surface area contributed by atoms with Gasteiger partial charge in [0.1, 0.15) is 5.01 Å². The highest BCUT2D eigenvalue weighted by molar-refractivity contribution is 7.13. The first-order valence-corrected chi connectivity index (χ1v) is 9.93. The number of fused-ring (bicyclic) bond motifs is 1. The van der Waals surface area contributed by atoms with E-state index in [1.165, 1.54) is 11.3 Å². The van der Waals surface area contributed by atoms with Crippen molar-refractivity contribution < 1.29 is 0 Å². The molecule has 4 aromatic rings. The first-order valence-electron chi connectivity index (χ1n) is 9.05. The second kappa shape index (κ2) is 7.06. The molecule has 27 heavy (non-hydrogen) atoms. The summed E-state index contributed by atoms with van der Waals surface area (Å²) >= 11 is 1.70. The van der Waals surface area contributed by atoms with E-state index >= 15 is 0 Å². The van der Waals surface area contributed by atoms with Crippen LogP contribution >= 0.6 is 11.3 Å². The number of benzene rings is 1. The molecule has 0 spiro atoms. The summed E-state index contributed by atoms with van der Waals surface area (Å²) in [6, 6.07) is 16.5. The average Bonchev–Trinajstić information content (AvgIpc) is 3.39. The molecule has 0 saturated heterocycles. The molecule has 0 amide bonds. The first kappa shape index (κ1) is 16.4. The van der Waals surface area contributed by atoms with Gasteiger partial charge in [-0.3, -0.25) is 9.88 Å². The molecule has 0 fully saturated rings. The Morgan fingerprint density at radius 1 is 1.07 bits per heavy atom. The first-order chi connectivity index (χ1) is 13.4. The van der Waals surface area contributed by atoms with Gasteiger partial charge in [-0.15, -0.1) is 11.3 Å². The number of rotatable bonds is 4. The smallest absolute Gasteiger partial charge is 0.123 e. The highest BCUT2D eigenvalue weighted by Crippen LogP contribution is 2.34. The maximum absolute atomic E-state index is 4.87. The van der Waals surface area contributed by atoms with Crippen LogP contribution in [0.3, 0.4) is 0 Å². The highest BCUT2D eigenvalue weighted by Gasteiger charge is 2.32. The lowest BCUT2D eigenvalue weighted by molar-refractivity contribution is 0.195. The van der Waals surface area contributed by atoms with Gasteiger partial charge in [-0.1, -0.05) is 36.4 Å². The lowest BCUT2D eigenvalue weighted by atomic mass is 9.99. The van der Waals surface area contributed by atoms with Gasteiger partial charge in [-0.2, -0.15) is 0 Å². The van der Waals surface area contributed by atoms with Crippen LogP contribution in [0.2, 0.25) is 0 Å². The van der Waals surface area contributed by atoms with Crippen LogP contribution in [0, 0.1) is 0 Å². The molecule has 0 saturated carbocycles. The molecule has 0 bridgehead atoms. The van der Waals surface area contributed by atoms with Gasteiger partial charge >= 0.3 is 0 Å². The van der Waals surface area contributed by atoms with Crippen LogP contribution in [0.15, 0.2) is 66.4 Å². The molecule has 1 aliphatic rings. The molecule has 3 aromatic heterocycles. The van der Waals surface area contributed by atoms with Crippen molar-refractivity contribution in [3.63, 3.8) is 0 Å². The lowest BCUT2D eigenvalue weighted by Gasteiger charge is -2.34. The van der Waals surface area contributed by atoms with Gasteiger partial charge in [0, 0.05) is 42.3 Å². The summed E-state index contributed by atoms with van der Waals surface area (Å²) < 4.78 is 0. The number of H-pyrrole nitrogens is 1. The average molecular weight is 373 g/mol. The van der Waals surface area contributed by atoms with Gasteiger partial charge in [0.15, 0.2) is 0 Å². The number of aromatic amines is 1. The van der Waals surface area contributed by atoms with Crippen molar-refractivity contribution in [2.75, 3.05) is 6.54 Å². The van der Waals surface area contributed by atoms with Crippen LogP contribution in [0.5, 0.6) is 0 Å². The largest absolute Gasteiger partial charge is 0.348 e. The van der Waals surface area contributed by atoms with Gasteiger partial charge < -0.3 is 4.98 Å². The zero-order chi connectivity index (χ0) is 18.1. The second-order valence-electron chi connectivity index (χ2n) is 6.65. The highest BCUT2D eigenvalue weighted by atomic mass is 32.1. The van der Waals surface area contributed by atoms with Gasteiger partial charge in [0.2, 0.25) is 0 Å². The van der Waals surface area contributed by atoms with E-state index < -0.39 is 0 Å². The fourth-order valence-corrected chi connectivity index (χ4v) is 4.48. The van der Waals surface area contributed by atoms with E-state index in [1.54, 1.807) is 17.7 Å². The minimum atomic E-state index is 0.0584. The van der Waals surface area contributed by atoms with Crippen molar-refractivity contribution in [1.82, 2.24) is 24.8 Å². The summed E-state index contributed by atoms with van der Waals surface area (Å²) in [4.78, 5) is 19.8. The van der Waals surface area contributed by atoms with Crippen LogP contribution in [-0.4, -0.2) is 31.4 Å². The molecular weight excluding hydrogens is 354 g/mol. The van der Waals surface area contributed by atoms with Gasteiger partial charge in [0.05, 0.1) is 29.5 Å². The molecule has 134 valence electrons. The normalized spacial score (nSPS) is 17.0. The second-order valence-corrected chi connectivity index (χ2v) is 7.51. The lowest BCUT2D eigenvalue weighted by Crippen LogP contribution is -2.36. The van der Waals surface area contributed by atoms with Crippen LogP contribution in [-0.2, 0) is 13.0 Å². The van der Waals surface area contributed by atoms with Crippen molar-refractivity contribution >= 4 is 11.3 Å². The third-order valence-corrected chi connectivity index (χ3v) is 5.87. The fraction of sp³-hybridized carbons (Fsp3) is 0.190. The van der Waals surface area contributed by atoms with Crippen LogP contribution in [0.1, 0.15) is 28.8 Å². The van der Waals surface area contributed by atoms with Gasteiger partial charge in [-0.05, 0) is 12.1 Å². The third-order valence-electron chi connectivity index (χ3n) is 4.93. The molecule has 1 atom stereocenters. The zero-order valence-corrected chi connectivity index (χ0v) is 15.6. The minimum Gasteiger partial charge on any atom is -0.348 e. The van der Waals surface area contributed by atoms with Crippen LogP contribution < -0.4 is 0 Å². The molecule has 5 rings (SSSR count). The molecule has 4 heterocycles. The molecule has 1 N–H and O–H groups in total. The minimum absolute atomic E-state index is 0.0584. The number of nitrogens with zero attached hydrogens (tertiary/aromatic N) is 4. The standard InChI is InChI=1S/C21H19N5S/c1-2-6-15(7-3-1)21-25-16(13-27-21)12-26-11-9-17-19(24-14-23-17)20(26)18-8-4-5-10-22-18/h1-8,10,13-14,20H,9,11-12H2,(H,23,24)/t20-/m0/s1. The third kappa shape index (κ3) is 3.18. The number of aromatic nitrogens is 4. The predicted molar refractivity (Wildman–Crippen MR) is 106 cm³/mol.